The molecule has 1 saturated carbocycles. The molecule has 3 aliphatic rings. The first-order valence-corrected chi connectivity index (χ1v) is 13.4. The van der Waals surface area contributed by atoms with Gasteiger partial charge in [0.1, 0.15) is 18.0 Å². The maximum atomic E-state index is 13.2. The summed E-state index contributed by atoms with van der Waals surface area (Å²) >= 11 is 0. The first-order valence-electron chi connectivity index (χ1n) is 13.4. The lowest BCUT2D eigenvalue weighted by Gasteiger charge is -2.39. The molecule has 2 amide bonds. The standard InChI is InChI=1S/C27H40N4O4/c1-2-9-22(20-10-4-3-5-11-20)31(15-16-32)25(34)14-6-7-17-35-23-13-8-12-21-18-30-19-24(33)28-27(30)29-26(21)23/h8,12-13,20,22,32H,2-7,9-11,14-19H2,1H3,(H,28,29,33). The second-order valence-corrected chi connectivity index (χ2v) is 9.97. The summed E-state index contributed by atoms with van der Waals surface area (Å²) in [6, 6.07) is 6.12. The van der Waals surface area contributed by atoms with Gasteiger partial charge in [-0.05, 0) is 44.1 Å². The van der Waals surface area contributed by atoms with Gasteiger partial charge < -0.3 is 19.6 Å². The summed E-state index contributed by atoms with van der Waals surface area (Å²) in [5, 5.41) is 12.5. The summed E-state index contributed by atoms with van der Waals surface area (Å²) in [6.45, 7) is 4.11. The van der Waals surface area contributed by atoms with E-state index in [4.69, 9.17) is 4.74 Å². The van der Waals surface area contributed by atoms with Crippen LogP contribution in [0.1, 0.15) is 76.7 Å². The van der Waals surface area contributed by atoms with E-state index in [2.05, 4.69) is 17.2 Å². The summed E-state index contributed by atoms with van der Waals surface area (Å²) in [5.74, 6) is 1.98. The van der Waals surface area contributed by atoms with Crippen molar-refractivity contribution in [2.24, 2.45) is 10.9 Å². The molecule has 2 N–H and O–H groups in total. The van der Waals surface area contributed by atoms with Crippen molar-refractivity contribution in [3.63, 3.8) is 0 Å². The van der Waals surface area contributed by atoms with E-state index < -0.39 is 0 Å². The number of amides is 2. The van der Waals surface area contributed by atoms with E-state index in [1.807, 2.05) is 28.0 Å². The second-order valence-electron chi connectivity index (χ2n) is 9.97. The number of guanidine groups is 1. The third-order valence-electron chi connectivity index (χ3n) is 7.43. The fourth-order valence-electron chi connectivity index (χ4n) is 5.72. The average Bonchev–Trinajstić information content (AvgIpc) is 3.24. The van der Waals surface area contributed by atoms with E-state index in [-0.39, 0.29) is 24.5 Å². The lowest BCUT2D eigenvalue weighted by Crippen LogP contribution is -2.46. The summed E-state index contributed by atoms with van der Waals surface area (Å²) < 4.78 is 6.05. The Morgan fingerprint density at radius 2 is 2.09 bits per heavy atom. The van der Waals surface area contributed by atoms with Gasteiger partial charge in [-0.2, -0.15) is 0 Å². The number of hydrogen-bond donors (Lipinski definition) is 2. The zero-order chi connectivity index (χ0) is 24.6. The molecule has 1 aliphatic carbocycles. The number of nitrogens with one attached hydrogen (secondary N) is 1. The van der Waals surface area contributed by atoms with Crippen LogP contribution in [-0.2, 0) is 16.1 Å². The van der Waals surface area contributed by atoms with E-state index in [1.54, 1.807) is 0 Å². The Morgan fingerprint density at radius 3 is 2.86 bits per heavy atom. The molecule has 2 heterocycles. The summed E-state index contributed by atoms with van der Waals surface area (Å²) in [6.07, 6.45) is 10.3. The summed E-state index contributed by atoms with van der Waals surface area (Å²) in [7, 11) is 0. The number of aliphatic imine (C=N–C) groups is 1. The van der Waals surface area contributed by atoms with Crippen LogP contribution in [0.4, 0.5) is 5.69 Å². The highest BCUT2D eigenvalue weighted by Gasteiger charge is 2.31. The molecule has 1 unspecified atom stereocenters. The van der Waals surface area contributed by atoms with Gasteiger partial charge in [-0.15, -0.1) is 0 Å². The molecule has 1 atom stereocenters. The number of unbranched alkanes of at least 4 members (excludes halogenated alkanes) is 1. The van der Waals surface area contributed by atoms with Gasteiger partial charge in [0.05, 0.1) is 13.2 Å². The first kappa shape index (κ1) is 25.5. The molecule has 192 valence electrons. The zero-order valence-corrected chi connectivity index (χ0v) is 21.0. The lowest BCUT2D eigenvalue weighted by molar-refractivity contribution is -0.136. The summed E-state index contributed by atoms with van der Waals surface area (Å²) in [5.41, 5.74) is 1.82. The fraction of sp³-hybridized carbons (Fsp3) is 0.667. The average molecular weight is 485 g/mol. The predicted octanol–water partition coefficient (Wildman–Crippen LogP) is 3.74. The largest absolute Gasteiger partial charge is 0.491 e. The van der Waals surface area contributed by atoms with Crippen molar-refractivity contribution in [2.75, 3.05) is 26.3 Å². The number of fused-ring (bicyclic) bond motifs is 2. The van der Waals surface area contributed by atoms with Crippen LogP contribution in [-0.4, -0.2) is 65.0 Å². The number of carbonyl (C=O) groups excluding carboxylic acids is 2. The first-order chi connectivity index (χ1) is 17.1. The van der Waals surface area contributed by atoms with Gasteiger partial charge in [0.15, 0.2) is 0 Å². The highest BCUT2D eigenvalue weighted by Crippen LogP contribution is 2.36. The quantitative estimate of drug-likeness (QED) is 0.441. The van der Waals surface area contributed by atoms with Gasteiger partial charge in [0, 0.05) is 31.1 Å². The molecular weight excluding hydrogens is 444 g/mol. The molecule has 1 aromatic carbocycles. The molecule has 0 radical (unpaired) electrons. The number of ether oxygens (including phenoxy) is 1. The highest BCUT2D eigenvalue weighted by atomic mass is 16.5. The Balaban J connectivity index is 1.28. The Hall–Kier alpha value is -2.61. The van der Waals surface area contributed by atoms with Crippen molar-refractivity contribution >= 4 is 23.5 Å². The number of rotatable bonds is 12. The molecule has 8 nitrogen and oxygen atoms in total. The maximum Gasteiger partial charge on any atom is 0.246 e. The van der Waals surface area contributed by atoms with Gasteiger partial charge >= 0.3 is 0 Å². The van der Waals surface area contributed by atoms with E-state index in [1.165, 1.54) is 32.1 Å². The van der Waals surface area contributed by atoms with Gasteiger partial charge in [-0.3, -0.25) is 14.9 Å². The van der Waals surface area contributed by atoms with Crippen molar-refractivity contribution < 1.29 is 19.4 Å². The Morgan fingerprint density at radius 1 is 1.26 bits per heavy atom. The Bertz CT molecular complexity index is 912. The maximum absolute atomic E-state index is 13.2. The molecule has 0 bridgehead atoms. The van der Waals surface area contributed by atoms with Crippen LogP contribution in [0.3, 0.4) is 0 Å². The Labute approximate surface area is 208 Å². The zero-order valence-electron chi connectivity index (χ0n) is 21.0. The van der Waals surface area contributed by atoms with Crippen molar-refractivity contribution in [1.29, 1.82) is 0 Å². The number of aliphatic hydroxyl groups is 1. The topological polar surface area (TPSA) is 94.5 Å². The SMILES string of the molecule is CCCC(C1CCCCC1)N(CCO)C(=O)CCCCOc1cccc2c1N=C1NC(=O)CN1C2. The number of carbonyl (C=O) groups is 2. The smallest absolute Gasteiger partial charge is 0.246 e. The van der Waals surface area contributed by atoms with Crippen molar-refractivity contribution in [2.45, 2.75) is 83.7 Å². The van der Waals surface area contributed by atoms with Crippen LogP contribution >= 0.6 is 0 Å². The second kappa shape index (κ2) is 12.4. The van der Waals surface area contributed by atoms with Crippen molar-refractivity contribution in [3.8, 4) is 5.75 Å². The predicted molar refractivity (Wildman–Crippen MR) is 136 cm³/mol. The lowest BCUT2D eigenvalue weighted by atomic mass is 9.81. The number of para-hydroxylation sites is 1. The van der Waals surface area contributed by atoms with Crippen LogP contribution < -0.4 is 10.1 Å². The molecule has 1 saturated heterocycles. The minimum Gasteiger partial charge on any atom is -0.491 e. The van der Waals surface area contributed by atoms with Gasteiger partial charge in [0.2, 0.25) is 17.8 Å². The highest BCUT2D eigenvalue weighted by molar-refractivity contribution is 6.06. The number of nitrogens with zero attached hydrogens (tertiary/aromatic N) is 3. The van der Waals surface area contributed by atoms with Crippen LogP contribution in [0.25, 0.3) is 0 Å². The molecule has 0 spiro atoms. The molecule has 2 aliphatic heterocycles. The molecule has 35 heavy (non-hydrogen) atoms. The van der Waals surface area contributed by atoms with Gasteiger partial charge in [-0.1, -0.05) is 44.7 Å². The van der Waals surface area contributed by atoms with E-state index in [0.29, 0.717) is 50.3 Å². The van der Waals surface area contributed by atoms with Gasteiger partial charge in [0.25, 0.3) is 0 Å². The minimum absolute atomic E-state index is 0.0152. The number of hydrogen-bond acceptors (Lipinski definition) is 6. The Kier molecular flexibility index (Phi) is 9.01. The van der Waals surface area contributed by atoms with Crippen LogP contribution in [0, 0.1) is 5.92 Å². The molecule has 1 aromatic rings. The fourth-order valence-corrected chi connectivity index (χ4v) is 5.72. The molecule has 2 fully saturated rings. The molecule has 4 rings (SSSR count). The number of aliphatic hydroxyl groups excluding tert-OH is 1. The summed E-state index contributed by atoms with van der Waals surface area (Å²) in [4.78, 5) is 33.4. The third kappa shape index (κ3) is 6.34. The van der Waals surface area contributed by atoms with Crippen LogP contribution in [0.5, 0.6) is 5.75 Å². The van der Waals surface area contributed by atoms with E-state index in [9.17, 15) is 14.7 Å². The molecule has 8 heteroatoms. The molecular formula is C27H40N4O4. The molecule has 0 aromatic heterocycles. The van der Waals surface area contributed by atoms with Gasteiger partial charge in [-0.25, -0.2) is 4.99 Å². The third-order valence-corrected chi connectivity index (χ3v) is 7.43. The monoisotopic (exact) mass is 484 g/mol. The van der Waals surface area contributed by atoms with E-state index >= 15 is 0 Å². The van der Waals surface area contributed by atoms with Crippen LogP contribution in [0.2, 0.25) is 0 Å². The van der Waals surface area contributed by atoms with Crippen molar-refractivity contribution in [1.82, 2.24) is 15.1 Å². The number of benzene rings is 1. The minimum atomic E-state index is -0.0383. The van der Waals surface area contributed by atoms with E-state index in [0.717, 1.165) is 36.9 Å². The van der Waals surface area contributed by atoms with Crippen LogP contribution in [0.15, 0.2) is 23.2 Å². The van der Waals surface area contributed by atoms with Crippen molar-refractivity contribution in [3.05, 3.63) is 23.8 Å². The normalized spacial score (nSPS) is 18.4.